The number of halogens is 3. The number of hydrogen-bond donors (Lipinski definition) is 2. The monoisotopic (exact) mass is 376 g/mol. The van der Waals surface area contributed by atoms with Crippen LogP contribution in [0.4, 0.5) is 5.82 Å². The lowest BCUT2D eigenvalue weighted by Gasteiger charge is -2.14. The third kappa shape index (κ3) is 5.11. The highest BCUT2D eigenvalue weighted by Crippen LogP contribution is 2.26. The molecule has 1 unspecified atom stereocenters. The van der Waals surface area contributed by atoms with Gasteiger partial charge in [-0.15, -0.1) is 12.4 Å². The zero-order valence-corrected chi connectivity index (χ0v) is 15.2. The number of benzene rings is 1. The first-order chi connectivity index (χ1) is 10.5. The van der Waals surface area contributed by atoms with Crippen LogP contribution < -0.4 is 10.6 Å². The van der Waals surface area contributed by atoms with Gasteiger partial charge >= 0.3 is 0 Å². The molecule has 23 heavy (non-hydrogen) atoms. The fraction of sp³-hybridized carbons (Fsp3) is 0.333. The first-order valence-corrected chi connectivity index (χ1v) is 7.68. The van der Waals surface area contributed by atoms with Gasteiger partial charge in [-0.05, 0) is 19.2 Å². The summed E-state index contributed by atoms with van der Waals surface area (Å²) in [7, 11) is 1.81. The van der Waals surface area contributed by atoms with E-state index >= 15 is 0 Å². The fourth-order valence-corrected chi connectivity index (χ4v) is 2.56. The Hall–Kier alpha value is -1.27. The number of nitrogens with zero attached hydrogens (tertiary/aromatic N) is 2. The van der Waals surface area contributed by atoms with Gasteiger partial charge in [0.05, 0.1) is 12.7 Å². The van der Waals surface area contributed by atoms with Gasteiger partial charge in [0.15, 0.2) is 0 Å². The molecule has 1 atom stereocenters. The molecule has 8 heteroatoms. The quantitative estimate of drug-likeness (QED) is 0.810. The number of rotatable bonds is 6. The third-order valence-electron chi connectivity index (χ3n) is 3.30. The van der Waals surface area contributed by atoms with Crippen molar-refractivity contribution < 1.29 is 4.79 Å². The van der Waals surface area contributed by atoms with E-state index in [1.807, 2.05) is 14.0 Å². The zero-order valence-electron chi connectivity index (χ0n) is 12.8. The number of amides is 1. The van der Waals surface area contributed by atoms with Gasteiger partial charge in [0, 0.05) is 34.1 Å². The molecular weight excluding hydrogens is 359 g/mol. The minimum absolute atomic E-state index is 0. The highest BCUT2D eigenvalue weighted by atomic mass is 35.5. The van der Waals surface area contributed by atoms with Crippen molar-refractivity contribution in [3.8, 4) is 0 Å². The van der Waals surface area contributed by atoms with Crippen LogP contribution in [0.25, 0.3) is 0 Å². The molecule has 5 nitrogen and oxygen atoms in total. The van der Waals surface area contributed by atoms with Crippen LogP contribution in [0.5, 0.6) is 0 Å². The van der Waals surface area contributed by atoms with Crippen molar-refractivity contribution in [1.29, 1.82) is 0 Å². The molecule has 2 aromatic rings. The van der Waals surface area contributed by atoms with Gasteiger partial charge in [-0.3, -0.25) is 4.79 Å². The lowest BCUT2D eigenvalue weighted by molar-refractivity contribution is -0.119. The van der Waals surface area contributed by atoms with Crippen LogP contribution in [0.3, 0.4) is 0 Å². The summed E-state index contributed by atoms with van der Waals surface area (Å²) >= 11 is 12.4. The van der Waals surface area contributed by atoms with Crippen molar-refractivity contribution in [2.75, 3.05) is 18.9 Å². The topological polar surface area (TPSA) is 59.0 Å². The van der Waals surface area contributed by atoms with Crippen molar-refractivity contribution in [3.63, 3.8) is 0 Å². The number of carbonyl (C=O) groups is 1. The lowest BCUT2D eigenvalue weighted by Crippen LogP contribution is -2.29. The van der Waals surface area contributed by atoms with Gasteiger partial charge < -0.3 is 10.6 Å². The predicted molar refractivity (Wildman–Crippen MR) is 96.8 cm³/mol. The van der Waals surface area contributed by atoms with E-state index in [2.05, 4.69) is 15.7 Å². The van der Waals surface area contributed by atoms with Crippen molar-refractivity contribution >= 4 is 47.3 Å². The molecule has 1 aromatic heterocycles. The van der Waals surface area contributed by atoms with Crippen molar-refractivity contribution in [2.45, 2.75) is 13.5 Å². The molecule has 0 aliphatic heterocycles. The summed E-state index contributed by atoms with van der Waals surface area (Å²) < 4.78 is 1.66. The number of hydrogen-bond acceptors (Lipinski definition) is 3. The summed E-state index contributed by atoms with van der Waals surface area (Å²) in [5.74, 6) is 0.405. The van der Waals surface area contributed by atoms with Crippen LogP contribution in [0.15, 0.2) is 30.5 Å². The van der Waals surface area contributed by atoms with Gasteiger partial charge in [-0.2, -0.15) is 5.10 Å². The zero-order chi connectivity index (χ0) is 16.1. The summed E-state index contributed by atoms with van der Waals surface area (Å²) in [6, 6.07) is 7.09. The second-order valence-corrected chi connectivity index (χ2v) is 5.84. The van der Waals surface area contributed by atoms with Crippen molar-refractivity contribution in [2.24, 2.45) is 5.92 Å². The first kappa shape index (κ1) is 19.8. The van der Waals surface area contributed by atoms with Crippen LogP contribution in [-0.4, -0.2) is 29.3 Å². The minimum Gasteiger partial charge on any atom is -0.319 e. The van der Waals surface area contributed by atoms with Gasteiger partial charge in [0.1, 0.15) is 5.82 Å². The SMILES string of the molecule is CNCC(C)C(=O)Nc1ccnn1Cc1c(Cl)cccc1Cl.Cl. The Bertz CT molecular complexity index is 640. The average molecular weight is 378 g/mol. The van der Waals surface area contributed by atoms with E-state index < -0.39 is 0 Å². The van der Waals surface area contributed by atoms with E-state index in [4.69, 9.17) is 23.2 Å². The fourth-order valence-electron chi connectivity index (χ4n) is 2.05. The lowest BCUT2D eigenvalue weighted by atomic mass is 10.1. The molecule has 0 fully saturated rings. The largest absolute Gasteiger partial charge is 0.319 e. The third-order valence-corrected chi connectivity index (χ3v) is 4.00. The molecule has 2 N–H and O–H groups in total. The molecule has 1 amide bonds. The van der Waals surface area contributed by atoms with Crippen LogP contribution in [0, 0.1) is 5.92 Å². The Morgan fingerprint density at radius 1 is 1.30 bits per heavy atom. The number of aromatic nitrogens is 2. The average Bonchev–Trinajstić information content (AvgIpc) is 2.90. The van der Waals surface area contributed by atoms with Crippen molar-refractivity contribution in [3.05, 3.63) is 46.1 Å². The van der Waals surface area contributed by atoms with Gasteiger partial charge in [0.2, 0.25) is 5.91 Å². The van der Waals surface area contributed by atoms with E-state index in [9.17, 15) is 4.79 Å². The van der Waals surface area contributed by atoms with Crippen LogP contribution in [-0.2, 0) is 11.3 Å². The highest BCUT2D eigenvalue weighted by molar-refractivity contribution is 6.35. The molecule has 0 aliphatic carbocycles. The minimum atomic E-state index is -0.141. The molecular formula is C15H19Cl3N4O. The maximum absolute atomic E-state index is 12.1. The predicted octanol–water partition coefficient (Wildman–Crippen LogP) is 3.45. The normalized spacial score (nSPS) is 11.7. The second-order valence-electron chi connectivity index (χ2n) is 5.02. The molecule has 1 aromatic carbocycles. The van der Waals surface area contributed by atoms with E-state index in [-0.39, 0.29) is 24.2 Å². The van der Waals surface area contributed by atoms with Crippen LogP contribution in [0.2, 0.25) is 10.0 Å². The smallest absolute Gasteiger partial charge is 0.229 e. The van der Waals surface area contributed by atoms with Crippen LogP contribution in [0.1, 0.15) is 12.5 Å². The number of nitrogens with one attached hydrogen (secondary N) is 2. The number of anilines is 1. The van der Waals surface area contributed by atoms with E-state index in [0.29, 0.717) is 29.0 Å². The summed E-state index contributed by atoms with van der Waals surface area (Å²) in [5, 5.41) is 11.2. The molecule has 126 valence electrons. The standard InChI is InChI=1S/C15H18Cl2N4O.ClH/c1-10(8-18-2)15(22)20-14-6-7-19-21(14)9-11-12(16)4-3-5-13(11)17;/h3-7,10,18H,8-9H2,1-2H3,(H,20,22);1H. The Balaban J connectivity index is 0.00000264. The molecule has 0 spiro atoms. The summed E-state index contributed by atoms with van der Waals surface area (Å²) in [6.07, 6.45) is 1.63. The van der Waals surface area contributed by atoms with E-state index in [0.717, 1.165) is 5.56 Å². The molecule has 2 rings (SSSR count). The highest BCUT2D eigenvalue weighted by Gasteiger charge is 2.15. The molecule has 0 saturated carbocycles. The Kier molecular flexibility index (Phi) is 7.85. The van der Waals surface area contributed by atoms with Gasteiger partial charge in [-0.25, -0.2) is 4.68 Å². The molecule has 0 radical (unpaired) electrons. The second kappa shape index (κ2) is 9.13. The maximum atomic E-state index is 12.1. The van der Waals surface area contributed by atoms with Crippen LogP contribution >= 0.6 is 35.6 Å². The summed E-state index contributed by atoms with van der Waals surface area (Å²) in [6.45, 7) is 2.86. The molecule has 0 saturated heterocycles. The summed E-state index contributed by atoms with van der Waals surface area (Å²) in [4.78, 5) is 12.1. The maximum Gasteiger partial charge on any atom is 0.229 e. The Morgan fingerprint density at radius 3 is 2.57 bits per heavy atom. The molecule has 1 heterocycles. The van der Waals surface area contributed by atoms with E-state index in [1.54, 1.807) is 35.1 Å². The first-order valence-electron chi connectivity index (χ1n) is 6.93. The van der Waals surface area contributed by atoms with Gasteiger partial charge in [0.25, 0.3) is 0 Å². The Morgan fingerprint density at radius 2 is 1.96 bits per heavy atom. The molecule has 0 aliphatic rings. The number of carbonyl (C=O) groups excluding carboxylic acids is 1. The van der Waals surface area contributed by atoms with E-state index in [1.165, 1.54) is 0 Å². The van der Waals surface area contributed by atoms with Gasteiger partial charge in [-0.1, -0.05) is 36.2 Å². The van der Waals surface area contributed by atoms with Crippen molar-refractivity contribution in [1.82, 2.24) is 15.1 Å². The molecule has 0 bridgehead atoms. The Labute approximate surface area is 151 Å². The summed E-state index contributed by atoms with van der Waals surface area (Å²) in [5.41, 5.74) is 0.772.